The Morgan fingerprint density at radius 2 is 1.54 bits per heavy atom. The van der Waals surface area contributed by atoms with E-state index in [1.807, 2.05) is 74.2 Å². The van der Waals surface area contributed by atoms with Crippen molar-refractivity contribution in [1.82, 2.24) is 4.90 Å². The molecule has 1 amide bonds. The maximum absolute atomic E-state index is 12.9. The minimum absolute atomic E-state index is 0.0786. The summed E-state index contributed by atoms with van der Waals surface area (Å²) in [4.78, 5) is 19.7. The van der Waals surface area contributed by atoms with Crippen LogP contribution in [0.25, 0.3) is 0 Å². The fourth-order valence-corrected chi connectivity index (χ4v) is 4.90. The van der Waals surface area contributed by atoms with Gasteiger partial charge in [0.15, 0.2) is 0 Å². The number of hydrogen-bond acceptors (Lipinski definition) is 4. The van der Waals surface area contributed by atoms with E-state index in [2.05, 4.69) is 36.4 Å². The van der Waals surface area contributed by atoms with E-state index in [9.17, 15) is 4.79 Å². The van der Waals surface area contributed by atoms with Gasteiger partial charge in [-0.1, -0.05) is 72.8 Å². The molecule has 35 heavy (non-hydrogen) atoms. The van der Waals surface area contributed by atoms with Crippen LogP contribution in [0.3, 0.4) is 0 Å². The lowest BCUT2D eigenvalue weighted by molar-refractivity contribution is -0.175. The van der Waals surface area contributed by atoms with Gasteiger partial charge in [0.05, 0.1) is 30.6 Å². The maximum atomic E-state index is 12.9. The van der Waals surface area contributed by atoms with Gasteiger partial charge in [0, 0.05) is 11.1 Å². The Kier molecular flexibility index (Phi) is 6.20. The van der Waals surface area contributed by atoms with Crippen LogP contribution in [0.4, 0.5) is 10.5 Å². The SMILES string of the molecule is CC(C)(C)OC(=O)N1CC2(c3ccc(N=C(c4ccccc4)c4ccccc4)cc3)CCC1CO2. The van der Waals surface area contributed by atoms with E-state index in [0.717, 1.165) is 40.9 Å². The summed E-state index contributed by atoms with van der Waals surface area (Å²) in [5.74, 6) is 0. The lowest BCUT2D eigenvalue weighted by Crippen LogP contribution is -2.62. The first-order valence-corrected chi connectivity index (χ1v) is 12.3. The Bertz CT molecular complexity index is 1150. The van der Waals surface area contributed by atoms with Crippen molar-refractivity contribution in [3.8, 4) is 0 Å². The van der Waals surface area contributed by atoms with Crippen LogP contribution in [0.1, 0.15) is 50.3 Å². The molecule has 0 radical (unpaired) electrons. The largest absolute Gasteiger partial charge is 0.444 e. The molecular weight excluding hydrogens is 436 g/mol. The maximum Gasteiger partial charge on any atom is 0.410 e. The lowest BCUT2D eigenvalue weighted by atomic mass is 9.80. The Labute approximate surface area is 207 Å². The molecule has 2 bridgehead atoms. The summed E-state index contributed by atoms with van der Waals surface area (Å²) in [7, 11) is 0. The van der Waals surface area contributed by atoms with Gasteiger partial charge in [-0.15, -0.1) is 0 Å². The summed E-state index contributed by atoms with van der Waals surface area (Å²) in [6.45, 7) is 6.74. The van der Waals surface area contributed by atoms with Gasteiger partial charge >= 0.3 is 6.09 Å². The summed E-state index contributed by atoms with van der Waals surface area (Å²) in [6.07, 6.45) is 1.54. The summed E-state index contributed by atoms with van der Waals surface area (Å²) in [6, 6.07) is 28.8. The normalized spacial score (nSPS) is 21.5. The monoisotopic (exact) mass is 468 g/mol. The zero-order valence-corrected chi connectivity index (χ0v) is 20.6. The zero-order chi connectivity index (χ0) is 24.5. The first-order chi connectivity index (χ1) is 16.8. The summed E-state index contributed by atoms with van der Waals surface area (Å²) < 4.78 is 12.0. The van der Waals surface area contributed by atoms with E-state index in [1.54, 1.807) is 0 Å². The highest BCUT2D eigenvalue weighted by Crippen LogP contribution is 2.43. The molecule has 6 rings (SSSR count). The molecule has 3 saturated heterocycles. The molecular formula is C30H32N2O3. The van der Waals surface area contributed by atoms with Crippen LogP contribution in [0.5, 0.6) is 0 Å². The molecule has 3 aromatic rings. The Morgan fingerprint density at radius 1 is 0.943 bits per heavy atom. The molecule has 3 aliphatic rings. The fraction of sp³-hybridized carbons (Fsp3) is 0.333. The number of nitrogens with zero attached hydrogens (tertiary/aromatic N) is 2. The number of piperidine rings is 1. The van der Waals surface area contributed by atoms with Crippen molar-refractivity contribution in [2.75, 3.05) is 13.2 Å². The molecule has 2 atom stereocenters. The summed E-state index contributed by atoms with van der Waals surface area (Å²) in [5, 5.41) is 0. The Morgan fingerprint density at radius 3 is 2.06 bits per heavy atom. The smallest absolute Gasteiger partial charge is 0.410 e. The molecule has 3 aliphatic heterocycles. The number of aliphatic imine (C=N–C) groups is 1. The molecule has 3 aromatic carbocycles. The molecule has 5 heteroatoms. The standard InChI is InChI=1S/C30H32N2O3/c1-29(2,3)35-28(33)32-21-30(19-18-26(32)20-34-30)24-14-16-25(17-15-24)31-27(22-10-6-4-7-11-22)23-12-8-5-9-13-23/h4-17,26H,18-21H2,1-3H3. The van der Waals surface area contributed by atoms with Crippen molar-refractivity contribution >= 4 is 17.5 Å². The molecule has 0 saturated carbocycles. The first-order valence-electron chi connectivity index (χ1n) is 12.3. The van der Waals surface area contributed by atoms with Crippen molar-refractivity contribution in [2.24, 2.45) is 4.99 Å². The summed E-state index contributed by atoms with van der Waals surface area (Å²) in [5.41, 5.74) is 4.01. The zero-order valence-electron chi connectivity index (χ0n) is 20.6. The number of carbonyl (C=O) groups excluding carboxylic acids is 1. The van der Waals surface area contributed by atoms with E-state index in [4.69, 9.17) is 14.5 Å². The van der Waals surface area contributed by atoms with Gasteiger partial charge in [-0.25, -0.2) is 9.79 Å². The van der Waals surface area contributed by atoms with Crippen molar-refractivity contribution < 1.29 is 14.3 Å². The third kappa shape index (κ3) is 5.01. The van der Waals surface area contributed by atoms with E-state index >= 15 is 0 Å². The lowest BCUT2D eigenvalue weighted by Gasteiger charge is -2.52. The number of hydrogen-bond donors (Lipinski definition) is 0. The molecule has 180 valence electrons. The first kappa shape index (κ1) is 23.3. The quantitative estimate of drug-likeness (QED) is 0.412. The molecule has 3 fully saturated rings. The van der Waals surface area contributed by atoms with E-state index in [-0.39, 0.29) is 12.1 Å². The van der Waals surface area contributed by atoms with Gasteiger partial charge in [0.25, 0.3) is 0 Å². The second kappa shape index (κ2) is 9.31. The van der Waals surface area contributed by atoms with Crippen LogP contribution in [-0.2, 0) is 15.1 Å². The molecule has 0 aliphatic carbocycles. The Hall–Kier alpha value is -3.44. The van der Waals surface area contributed by atoms with Crippen LogP contribution in [-0.4, -0.2) is 41.5 Å². The highest BCUT2D eigenvalue weighted by molar-refractivity contribution is 6.13. The fourth-order valence-electron chi connectivity index (χ4n) is 4.90. The molecule has 0 N–H and O–H groups in total. The topological polar surface area (TPSA) is 51.1 Å². The van der Waals surface area contributed by atoms with Crippen LogP contribution in [0.15, 0.2) is 89.9 Å². The van der Waals surface area contributed by atoms with Gasteiger partial charge < -0.3 is 9.47 Å². The number of rotatable bonds is 4. The van der Waals surface area contributed by atoms with Crippen molar-refractivity contribution in [2.45, 2.75) is 50.9 Å². The predicted molar refractivity (Wildman–Crippen MR) is 138 cm³/mol. The number of benzene rings is 3. The number of ether oxygens (including phenoxy) is 2. The third-order valence-electron chi connectivity index (χ3n) is 6.66. The van der Waals surface area contributed by atoms with Gasteiger partial charge in [-0.2, -0.15) is 0 Å². The highest BCUT2D eigenvalue weighted by atomic mass is 16.6. The van der Waals surface area contributed by atoms with Crippen molar-refractivity contribution in [3.05, 3.63) is 102 Å². The van der Waals surface area contributed by atoms with Crippen LogP contribution in [0.2, 0.25) is 0 Å². The second-order valence-corrected chi connectivity index (χ2v) is 10.3. The molecule has 0 aromatic heterocycles. The van der Waals surface area contributed by atoms with Crippen LogP contribution in [0, 0.1) is 0 Å². The van der Waals surface area contributed by atoms with E-state index in [0.29, 0.717) is 13.2 Å². The number of fused-ring (bicyclic) bond motifs is 3. The van der Waals surface area contributed by atoms with Crippen molar-refractivity contribution in [1.29, 1.82) is 0 Å². The third-order valence-corrected chi connectivity index (χ3v) is 6.66. The van der Waals surface area contributed by atoms with Crippen molar-refractivity contribution in [3.63, 3.8) is 0 Å². The Balaban J connectivity index is 1.42. The van der Waals surface area contributed by atoms with Gasteiger partial charge in [0.2, 0.25) is 0 Å². The van der Waals surface area contributed by atoms with Crippen LogP contribution >= 0.6 is 0 Å². The number of morpholine rings is 1. The molecule has 5 nitrogen and oxygen atoms in total. The second-order valence-electron chi connectivity index (χ2n) is 10.3. The number of carbonyl (C=O) groups is 1. The minimum atomic E-state index is -0.517. The molecule has 0 spiro atoms. The van der Waals surface area contributed by atoms with Gasteiger partial charge in [0.1, 0.15) is 11.2 Å². The predicted octanol–water partition coefficient (Wildman–Crippen LogP) is 6.48. The number of amides is 1. The summed E-state index contributed by atoms with van der Waals surface area (Å²) >= 11 is 0. The van der Waals surface area contributed by atoms with Gasteiger partial charge in [-0.3, -0.25) is 4.90 Å². The molecule has 3 heterocycles. The average Bonchev–Trinajstić information content (AvgIpc) is 2.88. The van der Waals surface area contributed by atoms with Crippen LogP contribution < -0.4 is 0 Å². The minimum Gasteiger partial charge on any atom is -0.444 e. The molecule has 2 unspecified atom stereocenters. The van der Waals surface area contributed by atoms with Gasteiger partial charge in [-0.05, 0) is 51.3 Å². The van der Waals surface area contributed by atoms with E-state index < -0.39 is 11.2 Å². The average molecular weight is 469 g/mol. The van der Waals surface area contributed by atoms with E-state index in [1.165, 1.54) is 0 Å². The highest BCUT2D eigenvalue weighted by Gasteiger charge is 2.49.